The number of carbonyl (C=O) groups is 1. The summed E-state index contributed by atoms with van der Waals surface area (Å²) < 4.78 is 0. The topological polar surface area (TPSA) is 46.3 Å². The number of likely N-dealkylation sites (tertiary alicyclic amines) is 1. The smallest absolute Gasteiger partial charge is 0.246 e. The van der Waals surface area contributed by atoms with Crippen LogP contribution in [0, 0.1) is 5.92 Å². The largest absolute Gasteiger partial charge is 0.399 e. The van der Waals surface area contributed by atoms with Gasteiger partial charge in [-0.2, -0.15) is 0 Å². The van der Waals surface area contributed by atoms with Crippen LogP contribution < -0.4 is 5.73 Å². The van der Waals surface area contributed by atoms with Gasteiger partial charge in [0.1, 0.15) is 0 Å². The molecule has 1 saturated heterocycles. The number of benzene rings is 1. The van der Waals surface area contributed by atoms with E-state index in [0.29, 0.717) is 6.04 Å². The number of fused-ring (bicyclic) bond motifs is 2. The highest BCUT2D eigenvalue weighted by atomic mass is 16.2. The van der Waals surface area contributed by atoms with Crippen LogP contribution in [0.15, 0.2) is 30.3 Å². The lowest BCUT2D eigenvalue weighted by Crippen LogP contribution is -2.36. The van der Waals surface area contributed by atoms with Crippen LogP contribution in [-0.2, 0) is 4.79 Å². The molecule has 1 heterocycles. The Morgan fingerprint density at radius 1 is 1.28 bits per heavy atom. The van der Waals surface area contributed by atoms with Crippen molar-refractivity contribution in [3.05, 3.63) is 35.9 Å². The molecule has 0 spiro atoms. The van der Waals surface area contributed by atoms with Crippen LogP contribution in [0.3, 0.4) is 0 Å². The zero-order chi connectivity index (χ0) is 12.5. The Bertz CT molecular complexity index is 478. The molecule has 2 bridgehead atoms. The molecule has 18 heavy (non-hydrogen) atoms. The van der Waals surface area contributed by atoms with Gasteiger partial charge in [0.15, 0.2) is 0 Å². The number of nitrogens with two attached hydrogens (primary N) is 1. The van der Waals surface area contributed by atoms with E-state index in [9.17, 15) is 4.79 Å². The fraction of sp³-hybridized carbons (Fsp3) is 0.400. The van der Waals surface area contributed by atoms with E-state index in [0.717, 1.165) is 23.7 Å². The van der Waals surface area contributed by atoms with Crippen LogP contribution >= 0.6 is 0 Å². The Labute approximate surface area is 107 Å². The highest BCUT2D eigenvalue weighted by Crippen LogP contribution is 2.37. The minimum atomic E-state index is 0.152. The average molecular weight is 242 g/mol. The van der Waals surface area contributed by atoms with Crippen LogP contribution in [0.25, 0.3) is 6.08 Å². The van der Waals surface area contributed by atoms with Crippen molar-refractivity contribution in [3.63, 3.8) is 0 Å². The Morgan fingerprint density at radius 2 is 2.06 bits per heavy atom. The lowest BCUT2D eigenvalue weighted by Gasteiger charge is -2.25. The number of hydrogen-bond donors (Lipinski definition) is 1. The van der Waals surface area contributed by atoms with Crippen molar-refractivity contribution in [2.75, 3.05) is 12.3 Å². The summed E-state index contributed by atoms with van der Waals surface area (Å²) >= 11 is 0. The van der Waals surface area contributed by atoms with E-state index < -0.39 is 0 Å². The summed E-state index contributed by atoms with van der Waals surface area (Å²) in [4.78, 5) is 14.1. The normalized spacial score (nSPS) is 26.1. The van der Waals surface area contributed by atoms with Crippen molar-refractivity contribution in [1.29, 1.82) is 0 Å². The molecule has 2 N–H and O–H groups in total. The van der Waals surface area contributed by atoms with E-state index >= 15 is 0 Å². The van der Waals surface area contributed by atoms with Crippen LogP contribution in [0.2, 0.25) is 0 Å². The molecule has 1 aromatic rings. The quantitative estimate of drug-likeness (QED) is 0.639. The molecule has 1 amide bonds. The van der Waals surface area contributed by atoms with Crippen LogP contribution in [-0.4, -0.2) is 23.4 Å². The lowest BCUT2D eigenvalue weighted by atomic mass is 10.1. The molecule has 2 unspecified atom stereocenters. The number of nitrogens with zero attached hydrogens (tertiary/aromatic N) is 1. The third-order valence-electron chi connectivity index (χ3n) is 4.05. The second-order valence-electron chi connectivity index (χ2n) is 5.32. The average Bonchev–Trinajstić information content (AvgIpc) is 3.00. The molecule has 3 heteroatoms. The second-order valence-corrected chi connectivity index (χ2v) is 5.32. The fourth-order valence-corrected chi connectivity index (χ4v) is 3.06. The lowest BCUT2D eigenvalue weighted by molar-refractivity contribution is -0.127. The summed E-state index contributed by atoms with van der Waals surface area (Å²) in [6, 6.07) is 8.05. The van der Waals surface area contributed by atoms with E-state index in [2.05, 4.69) is 0 Å². The standard InChI is InChI=1S/C15H18N2O/c16-13-5-1-11(2-6-13)4-8-15(18)17-10-12-3-7-14(17)9-12/h1-2,4-6,8,12,14H,3,7,9-10,16H2/b8-4+. The van der Waals surface area contributed by atoms with Crippen LogP contribution in [0.1, 0.15) is 24.8 Å². The predicted octanol–water partition coefficient (Wildman–Crippen LogP) is 2.29. The van der Waals surface area contributed by atoms with Gasteiger partial charge in [0, 0.05) is 24.4 Å². The molecule has 3 rings (SSSR count). The first-order valence-electron chi connectivity index (χ1n) is 6.56. The highest BCUT2D eigenvalue weighted by Gasteiger charge is 2.39. The molecule has 1 aromatic carbocycles. The number of carbonyl (C=O) groups excluding carboxylic acids is 1. The van der Waals surface area contributed by atoms with Gasteiger partial charge in [-0.3, -0.25) is 4.79 Å². The zero-order valence-corrected chi connectivity index (χ0v) is 10.4. The maximum Gasteiger partial charge on any atom is 0.246 e. The first kappa shape index (κ1) is 11.3. The van der Waals surface area contributed by atoms with Gasteiger partial charge in [-0.05, 0) is 49.0 Å². The molecule has 1 aliphatic carbocycles. The van der Waals surface area contributed by atoms with Crippen LogP contribution in [0.5, 0.6) is 0 Å². The first-order chi connectivity index (χ1) is 8.72. The van der Waals surface area contributed by atoms with Gasteiger partial charge in [0.2, 0.25) is 5.91 Å². The fourth-order valence-electron chi connectivity index (χ4n) is 3.06. The van der Waals surface area contributed by atoms with Crippen molar-refractivity contribution in [1.82, 2.24) is 4.90 Å². The molecule has 1 aliphatic heterocycles. The first-order valence-corrected chi connectivity index (χ1v) is 6.56. The van der Waals surface area contributed by atoms with Gasteiger partial charge in [0.25, 0.3) is 0 Å². The molecule has 0 radical (unpaired) electrons. The monoisotopic (exact) mass is 242 g/mol. The van der Waals surface area contributed by atoms with Gasteiger partial charge in [0.05, 0.1) is 0 Å². The number of hydrogen-bond acceptors (Lipinski definition) is 2. The summed E-state index contributed by atoms with van der Waals surface area (Å²) in [6.07, 6.45) is 7.25. The Hall–Kier alpha value is -1.77. The molecule has 2 aliphatic rings. The van der Waals surface area contributed by atoms with Gasteiger partial charge >= 0.3 is 0 Å². The highest BCUT2D eigenvalue weighted by molar-refractivity contribution is 5.92. The third-order valence-corrected chi connectivity index (χ3v) is 4.05. The molecule has 94 valence electrons. The van der Waals surface area contributed by atoms with Gasteiger partial charge in [-0.25, -0.2) is 0 Å². The number of piperidine rings is 1. The van der Waals surface area contributed by atoms with E-state index in [1.165, 1.54) is 19.3 Å². The van der Waals surface area contributed by atoms with Crippen molar-refractivity contribution >= 4 is 17.7 Å². The summed E-state index contributed by atoms with van der Waals surface area (Å²) in [5.74, 6) is 0.905. The molecular formula is C15H18N2O. The Morgan fingerprint density at radius 3 is 2.67 bits per heavy atom. The van der Waals surface area contributed by atoms with Crippen molar-refractivity contribution in [2.45, 2.75) is 25.3 Å². The van der Waals surface area contributed by atoms with Crippen molar-refractivity contribution < 1.29 is 4.79 Å². The van der Waals surface area contributed by atoms with Gasteiger partial charge in [-0.15, -0.1) is 0 Å². The maximum atomic E-state index is 12.1. The Balaban J connectivity index is 1.65. The number of nitrogen functional groups attached to an aromatic ring is 1. The molecule has 0 aromatic heterocycles. The van der Waals surface area contributed by atoms with Gasteiger partial charge < -0.3 is 10.6 Å². The Kier molecular flexibility index (Phi) is 2.82. The number of rotatable bonds is 2. The summed E-state index contributed by atoms with van der Waals surface area (Å²) in [5, 5.41) is 0. The van der Waals surface area contributed by atoms with Crippen molar-refractivity contribution in [3.8, 4) is 0 Å². The van der Waals surface area contributed by atoms with Gasteiger partial charge in [-0.1, -0.05) is 12.1 Å². The minimum Gasteiger partial charge on any atom is -0.399 e. The zero-order valence-electron chi connectivity index (χ0n) is 10.4. The molecule has 1 saturated carbocycles. The second kappa shape index (κ2) is 4.48. The SMILES string of the molecule is Nc1ccc(/C=C/C(=O)N2CC3CCC2C3)cc1. The molecule has 2 fully saturated rings. The molecule has 3 nitrogen and oxygen atoms in total. The molecule has 2 atom stereocenters. The summed E-state index contributed by atoms with van der Waals surface area (Å²) in [7, 11) is 0. The van der Waals surface area contributed by atoms with Crippen LogP contribution in [0.4, 0.5) is 5.69 Å². The number of amides is 1. The third kappa shape index (κ3) is 2.13. The number of anilines is 1. The van der Waals surface area contributed by atoms with E-state index in [4.69, 9.17) is 5.73 Å². The molecular weight excluding hydrogens is 224 g/mol. The summed E-state index contributed by atoms with van der Waals surface area (Å²) in [6.45, 7) is 0.954. The van der Waals surface area contributed by atoms with E-state index in [-0.39, 0.29) is 5.91 Å². The maximum absolute atomic E-state index is 12.1. The van der Waals surface area contributed by atoms with E-state index in [1.54, 1.807) is 6.08 Å². The summed E-state index contributed by atoms with van der Waals surface area (Å²) in [5.41, 5.74) is 7.39. The van der Waals surface area contributed by atoms with E-state index in [1.807, 2.05) is 35.2 Å². The van der Waals surface area contributed by atoms with Crippen molar-refractivity contribution in [2.24, 2.45) is 5.92 Å². The minimum absolute atomic E-state index is 0.152. The predicted molar refractivity (Wildman–Crippen MR) is 72.7 cm³/mol.